The van der Waals surface area contributed by atoms with Crippen LogP contribution in [0.25, 0.3) is 0 Å². The molecule has 0 saturated heterocycles. The lowest BCUT2D eigenvalue weighted by Crippen LogP contribution is -2.20. The van der Waals surface area contributed by atoms with E-state index in [-0.39, 0.29) is 30.0 Å². The molecule has 0 aliphatic heterocycles. The zero-order chi connectivity index (χ0) is 28.3. The number of aliphatic hydroxyl groups excluding tert-OH is 2. The van der Waals surface area contributed by atoms with Crippen molar-refractivity contribution in [1.29, 1.82) is 0 Å². The van der Waals surface area contributed by atoms with Crippen LogP contribution < -0.4 is 0 Å². The summed E-state index contributed by atoms with van der Waals surface area (Å²) in [6, 6.07) is 7.91. The Balaban J connectivity index is 1.62. The molecule has 4 atom stereocenters. The first kappa shape index (κ1) is 33.5. The number of aliphatic hydroxyl groups is 2. The van der Waals surface area contributed by atoms with E-state index in [0.29, 0.717) is 39.1 Å². The molecule has 0 bridgehead atoms. The number of methoxy groups -OCH3 is 1. The number of hydrogen-bond donors (Lipinski definition) is 2. The fourth-order valence-corrected chi connectivity index (χ4v) is 5.80. The van der Waals surface area contributed by atoms with Crippen molar-refractivity contribution in [3.63, 3.8) is 0 Å². The van der Waals surface area contributed by atoms with Crippen LogP contribution in [0.15, 0.2) is 36.4 Å². The van der Waals surface area contributed by atoms with Gasteiger partial charge in [-0.3, -0.25) is 9.59 Å². The molecule has 7 nitrogen and oxygen atoms in total. The summed E-state index contributed by atoms with van der Waals surface area (Å²) in [4.78, 5) is 24.4. The highest BCUT2D eigenvalue weighted by atomic mass is 32.2. The minimum atomic E-state index is -0.712. The van der Waals surface area contributed by atoms with Crippen molar-refractivity contribution < 1.29 is 34.0 Å². The number of ether oxygens (including phenoxy) is 3. The molecule has 2 N–H and O–H groups in total. The molecule has 0 radical (unpaired) electrons. The quantitative estimate of drug-likeness (QED) is 0.123. The molecule has 0 aromatic heterocycles. The molecule has 1 aliphatic rings. The van der Waals surface area contributed by atoms with Gasteiger partial charge in [-0.05, 0) is 41.9 Å². The minimum absolute atomic E-state index is 0.0793. The fourth-order valence-electron chi connectivity index (χ4n) is 4.82. The number of ketones is 1. The van der Waals surface area contributed by atoms with E-state index in [2.05, 4.69) is 6.92 Å². The zero-order valence-electron chi connectivity index (χ0n) is 23.7. The molecule has 8 heteroatoms. The van der Waals surface area contributed by atoms with Crippen LogP contribution in [-0.4, -0.2) is 72.6 Å². The topological polar surface area (TPSA) is 102 Å². The largest absolute Gasteiger partial charge is 0.463 e. The summed E-state index contributed by atoms with van der Waals surface area (Å²) in [7, 11) is 1.65. The molecule has 1 aliphatic carbocycles. The lowest BCUT2D eigenvalue weighted by atomic mass is 9.91. The summed E-state index contributed by atoms with van der Waals surface area (Å²) in [5.74, 6) is 0.949. The zero-order valence-corrected chi connectivity index (χ0v) is 24.5. The van der Waals surface area contributed by atoms with Crippen molar-refractivity contribution in [2.45, 2.75) is 83.5 Å². The number of esters is 1. The molecule has 39 heavy (non-hydrogen) atoms. The lowest BCUT2D eigenvalue weighted by molar-refractivity contribution is -0.145. The molecule has 2 rings (SSSR count). The van der Waals surface area contributed by atoms with Crippen LogP contribution in [-0.2, 0) is 36.8 Å². The Morgan fingerprint density at radius 2 is 1.95 bits per heavy atom. The van der Waals surface area contributed by atoms with Crippen LogP contribution in [0, 0.1) is 11.8 Å². The summed E-state index contributed by atoms with van der Waals surface area (Å²) in [6.45, 7) is 4.16. The van der Waals surface area contributed by atoms with Gasteiger partial charge in [0.15, 0.2) is 0 Å². The van der Waals surface area contributed by atoms with Crippen LogP contribution in [0.3, 0.4) is 0 Å². The molecule has 0 spiro atoms. The maximum Gasteiger partial charge on any atom is 0.305 e. The molecule has 1 aromatic carbocycles. The van der Waals surface area contributed by atoms with Gasteiger partial charge in [-0.1, -0.05) is 62.6 Å². The van der Waals surface area contributed by atoms with E-state index in [9.17, 15) is 19.8 Å². The average molecular weight is 565 g/mol. The van der Waals surface area contributed by atoms with Crippen LogP contribution >= 0.6 is 11.8 Å². The second-order valence-electron chi connectivity index (χ2n) is 10.2. The van der Waals surface area contributed by atoms with Crippen molar-refractivity contribution in [2.75, 3.05) is 38.4 Å². The number of carbonyl (C=O) groups excluding carboxylic acids is 2. The Bertz CT molecular complexity index is 859. The number of carbonyl (C=O) groups is 2. The van der Waals surface area contributed by atoms with E-state index < -0.39 is 12.2 Å². The number of benzene rings is 1. The van der Waals surface area contributed by atoms with Crippen LogP contribution in [0.1, 0.15) is 69.4 Å². The van der Waals surface area contributed by atoms with Gasteiger partial charge in [0, 0.05) is 44.8 Å². The smallest absolute Gasteiger partial charge is 0.305 e. The maximum atomic E-state index is 12.5. The summed E-state index contributed by atoms with van der Waals surface area (Å²) >= 11 is 1.71. The first-order valence-corrected chi connectivity index (χ1v) is 15.5. The van der Waals surface area contributed by atoms with Gasteiger partial charge in [0.2, 0.25) is 0 Å². The average Bonchev–Trinajstić information content (AvgIpc) is 3.18. The van der Waals surface area contributed by atoms with Gasteiger partial charge in [-0.2, -0.15) is 11.8 Å². The summed E-state index contributed by atoms with van der Waals surface area (Å²) < 4.78 is 15.9. The molecule has 0 unspecified atom stereocenters. The third kappa shape index (κ3) is 14.0. The first-order valence-electron chi connectivity index (χ1n) is 14.4. The van der Waals surface area contributed by atoms with E-state index in [1.165, 1.54) is 19.3 Å². The third-order valence-electron chi connectivity index (χ3n) is 6.91. The highest BCUT2D eigenvalue weighted by Gasteiger charge is 2.39. The van der Waals surface area contributed by atoms with Gasteiger partial charge in [-0.15, -0.1) is 0 Å². The molecular weight excluding hydrogens is 516 g/mol. The van der Waals surface area contributed by atoms with E-state index in [4.69, 9.17) is 14.2 Å². The molecule has 0 heterocycles. The minimum Gasteiger partial charge on any atom is -0.463 e. The number of unbranched alkanes of at least 4 members (excludes halogenated alkanes) is 3. The Morgan fingerprint density at radius 3 is 2.74 bits per heavy atom. The monoisotopic (exact) mass is 564 g/mol. The van der Waals surface area contributed by atoms with E-state index in [0.717, 1.165) is 42.1 Å². The molecule has 0 amide bonds. The number of thioether (sulfide) groups is 1. The SMILES string of the molecule is CCCCCCOCCOC(=O)CCCSCC[C@H]1C(=O)C[C@@H](O)[C@@H]1/C=C/[C@@H](O)Cc1cccc(COC)c1. The number of Topliss-reactive ketones (excluding diaryl/α,β-unsaturated/α-hetero) is 1. The van der Waals surface area contributed by atoms with Crippen LogP contribution in [0.4, 0.5) is 0 Å². The van der Waals surface area contributed by atoms with Crippen LogP contribution in [0.2, 0.25) is 0 Å². The van der Waals surface area contributed by atoms with E-state index in [1.807, 2.05) is 30.3 Å². The van der Waals surface area contributed by atoms with Gasteiger partial charge in [0.05, 0.1) is 25.4 Å². The van der Waals surface area contributed by atoms with E-state index in [1.54, 1.807) is 24.9 Å². The molecule has 1 saturated carbocycles. The Kier molecular flexibility index (Phi) is 17.4. The highest BCUT2D eigenvalue weighted by molar-refractivity contribution is 7.99. The maximum absolute atomic E-state index is 12.5. The van der Waals surface area contributed by atoms with Crippen molar-refractivity contribution >= 4 is 23.5 Å². The number of rotatable bonds is 21. The number of hydrogen-bond acceptors (Lipinski definition) is 8. The fraction of sp³-hybridized carbons (Fsp3) is 0.677. The Hall–Kier alpha value is -1.71. The van der Waals surface area contributed by atoms with Crippen molar-refractivity contribution in [1.82, 2.24) is 0 Å². The van der Waals surface area contributed by atoms with E-state index >= 15 is 0 Å². The highest BCUT2D eigenvalue weighted by Crippen LogP contribution is 2.34. The van der Waals surface area contributed by atoms with Gasteiger partial charge >= 0.3 is 5.97 Å². The normalized spacial score (nSPS) is 20.1. The third-order valence-corrected chi connectivity index (χ3v) is 8.01. The van der Waals surface area contributed by atoms with Gasteiger partial charge in [0.1, 0.15) is 12.4 Å². The molecule has 1 fully saturated rings. The summed E-state index contributed by atoms with van der Waals surface area (Å²) in [6.07, 6.45) is 9.16. The van der Waals surface area contributed by atoms with Crippen LogP contribution in [0.5, 0.6) is 0 Å². The second-order valence-corrected chi connectivity index (χ2v) is 11.5. The van der Waals surface area contributed by atoms with Crippen molar-refractivity contribution in [3.8, 4) is 0 Å². The van der Waals surface area contributed by atoms with Gasteiger partial charge in [0.25, 0.3) is 0 Å². The molecule has 220 valence electrons. The van der Waals surface area contributed by atoms with Crippen molar-refractivity contribution in [3.05, 3.63) is 47.5 Å². The van der Waals surface area contributed by atoms with Crippen molar-refractivity contribution in [2.24, 2.45) is 11.8 Å². The lowest BCUT2D eigenvalue weighted by Gasteiger charge is -2.18. The first-order chi connectivity index (χ1) is 18.9. The van der Waals surface area contributed by atoms with Gasteiger partial charge in [-0.25, -0.2) is 0 Å². The summed E-state index contributed by atoms with van der Waals surface area (Å²) in [5.41, 5.74) is 2.06. The Labute approximate surface area is 238 Å². The Morgan fingerprint density at radius 1 is 1.13 bits per heavy atom. The molecule has 1 aromatic rings. The predicted molar refractivity (Wildman–Crippen MR) is 156 cm³/mol. The standard InChI is InChI=1S/C31H48O7S/c1-3-4-5-6-15-37-16-17-38-31(35)11-8-18-39-19-14-28-27(29(33)22-30(28)34)13-12-26(32)21-24-9-7-10-25(20-24)23-36-2/h7,9-10,12-13,20,26-29,32-33H,3-6,8,11,14-19,21-23H2,1-2H3/b13-12+/t26-,27-,28-,29-/m1/s1. The molecular formula is C31H48O7S. The van der Waals surface area contributed by atoms with Gasteiger partial charge < -0.3 is 24.4 Å². The predicted octanol–water partition coefficient (Wildman–Crippen LogP) is 4.90. The second kappa shape index (κ2) is 20.2. The summed E-state index contributed by atoms with van der Waals surface area (Å²) in [5, 5.41) is 21.0.